The number of carbonyl (C=O) groups excluding carboxylic acids is 1. The average Bonchev–Trinajstić information content (AvgIpc) is 3.35. The SMILES string of the molecule is Cc1ccc([C@H]2C[C@@]3(C)C(CC[C@@]34CCCO4)C3C[C@@H](C)C4=CC(=O)CCC4=C32)cc1. The van der Waals surface area contributed by atoms with Crippen LogP contribution in [0.25, 0.3) is 0 Å². The topological polar surface area (TPSA) is 26.3 Å². The minimum Gasteiger partial charge on any atom is -0.374 e. The number of benzene rings is 1. The summed E-state index contributed by atoms with van der Waals surface area (Å²) in [6.07, 6.45) is 11.1. The molecule has 0 radical (unpaired) electrons. The normalized spacial score (nSPS) is 41.8. The molecule has 5 aliphatic rings. The fourth-order valence-electron chi connectivity index (χ4n) is 8.47. The van der Waals surface area contributed by atoms with Crippen molar-refractivity contribution in [3.8, 4) is 0 Å². The molecule has 2 saturated carbocycles. The summed E-state index contributed by atoms with van der Waals surface area (Å²) in [5, 5.41) is 0. The molecule has 3 fully saturated rings. The molecule has 1 heterocycles. The van der Waals surface area contributed by atoms with E-state index in [1.54, 1.807) is 11.1 Å². The Labute approximate surface area is 187 Å². The van der Waals surface area contributed by atoms with Crippen LogP contribution in [0.2, 0.25) is 0 Å². The Morgan fingerprint density at radius 3 is 2.65 bits per heavy atom. The van der Waals surface area contributed by atoms with Gasteiger partial charge in [-0.1, -0.05) is 49.2 Å². The number of ketones is 1. The molecule has 4 aliphatic carbocycles. The summed E-state index contributed by atoms with van der Waals surface area (Å²) in [4.78, 5) is 12.3. The van der Waals surface area contributed by atoms with Crippen LogP contribution in [0.5, 0.6) is 0 Å². The van der Waals surface area contributed by atoms with Crippen molar-refractivity contribution in [2.45, 2.75) is 83.7 Å². The minimum absolute atomic E-state index is 0.0959. The van der Waals surface area contributed by atoms with Gasteiger partial charge in [-0.2, -0.15) is 0 Å². The monoisotopic (exact) mass is 416 g/mol. The molecule has 6 rings (SSSR count). The Kier molecular flexibility index (Phi) is 4.45. The predicted molar refractivity (Wildman–Crippen MR) is 124 cm³/mol. The Morgan fingerprint density at radius 2 is 1.90 bits per heavy atom. The highest BCUT2D eigenvalue weighted by atomic mass is 16.5. The van der Waals surface area contributed by atoms with E-state index in [9.17, 15) is 4.79 Å². The number of fused-ring (bicyclic) bond motifs is 5. The Morgan fingerprint density at radius 1 is 1.10 bits per heavy atom. The number of hydrogen-bond donors (Lipinski definition) is 0. The predicted octanol–water partition coefficient (Wildman–Crippen LogP) is 6.69. The van der Waals surface area contributed by atoms with Gasteiger partial charge in [0.2, 0.25) is 0 Å². The van der Waals surface area contributed by atoms with E-state index >= 15 is 0 Å². The summed E-state index contributed by atoms with van der Waals surface area (Å²) in [5.74, 6) is 2.65. The van der Waals surface area contributed by atoms with Gasteiger partial charge in [0.15, 0.2) is 5.78 Å². The fourth-order valence-corrected chi connectivity index (χ4v) is 8.47. The quantitative estimate of drug-likeness (QED) is 0.510. The molecule has 164 valence electrons. The van der Waals surface area contributed by atoms with Gasteiger partial charge in [-0.05, 0) is 92.4 Å². The van der Waals surface area contributed by atoms with Crippen LogP contribution in [0.3, 0.4) is 0 Å². The second-order valence-electron chi connectivity index (χ2n) is 11.4. The number of hydrogen-bond acceptors (Lipinski definition) is 2. The Balaban J connectivity index is 1.54. The molecule has 1 spiro atoms. The summed E-state index contributed by atoms with van der Waals surface area (Å²) in [6, 6.07) is 9.32. The van der Waals surface area contributed by atoms with Gasteiger partial charge in [-0.25, -0.2) is 0 Å². The van der Waals surface area contributed by atoms with Gasteiger partial charge in [0.1, 0.15) is 0 Å². The molecule has 0 amide bonds. The van der Waals surface area contributed by atoms with E-state index in [2.05, 4.69) is 45.0 Å². The van der Waals surface area contributed by atoms with Crippen LogP contribution in [0, 0.1) is 30.1 Å². The summed E-state index contributed by atoms with van der Waals surface area (Å²) >= 11 is 0. The number of ether oxygens (including phenoxy) is 1. The molecule has 2 nitrogen and oxygen atoms in total. The maximum absolute atomic E-state index is 12.3. The maximum Gasteiger partial charge on any atom is 0.156 e. The lowest BCUT2D eigenvalue weighted by molar-refractivity contribution is -0.115. The average molecular weight is 417 g/mol. The van der Waals surface area contributed by atoms with Crippen LogP contribution >= 0.6 is 0 Å². The standard InChI is InChI=1S/C29H36O2/c1-18-5-7-20(8-6-18)25-17-28(3)26(11-13-29(28)12-4-14-31-29)24-15-19(2)23-16-21(30)9-10-22(23)27(24)25/h5-8,16,19,24-26H,4,9-15,17H2,1-3H3/t19-,24?,25-,26?,28+,29+/m1/s1. The van der Waals surface area contributed by atoms with Crippen molar-refractivity contribution in [1.82, 2.24) is 0 Å². The van der Waals surface area contributed by atoms with Crippen LogP contribution in [0.4, 0.5) is 0 Å². The van der Waals surface area contributed by atoms with E-state index in [1.807, 2.05) is 6.08 Å². The lowest BCUT2D eigenvalue weighted by atomic mass is 9.50. The van der Waals surface area contributed by atoms with Gasteiger partial charge in [0.05, 0.1) is 5.60 Å². The minimum atomic E-state index is 0.0959. The number of allylic oxidation sites excluding steroid dienone is 4. The first-order valence-corrected chi connectivity index (χ1v) is 12.6. The van der Waals surface area contributed by atoms with Crippen LogP contribution in [-0.2, 0) is 9.53 Å². The number of rotatable bonds is 1. The summed E-state index contributed by atoms with van der Waals surface area (Å²) in [5.41, 5.74) is 7.78. The lowest BCUT2D eigenvalue weighted by Gasteiger charge is -2.56. The van der Waals surface area contributed by atoms with Gasteiger partial charge >= 0.3 is 0 Å². The second kappa shape index (κ2) is 6.91. The van der Waals surface area contributed by atoms with Crippen LogP contribution in [0.15, 0.2) is 47.1 Å². The second-order valence-corrected chi connectivity index (χ2v) is 11.4. The highest BCUT2D eigenvalue weighted by Crippen LogP contribution is 2.69. The zero-order valence-electron chi connectivity index (χ0n) is 19.4. The van der Waals surface area contributed by atoms with E-state index in [1.165, 1.54) is 55.2 Å². The number of aryl methyl sites for hydroxylation is 1. The van der Waals surface area contributed by atoms with Gasteiger partial charge in [-0.15, -0.1) is 0 Å². The molecule has 1 aromatic rings. The molecule has 2 heteroatoms. The van der Waals surface area contributed by atoms with Crippen molar-refractivity contribution >= 4 is 5.78 Å². The molecule has 0 bridgehead atoms. The Hall–Kier alpha value is -1.67. The van der Waals surface area contributed by atoms with Gasteiger partial charge in [-0.3, -0.25) is 4.79 Å². The number of carbonyl (C=O) groups is 1. The van der Waals surface area contributed by atoms with Gasteiger partial charge in [0, 0.05) is 24.4 Å². The molecule has 2 unspecified atom stereocenters. The molecule has 31 heavy (non-hydrogen) atoms. The lowest BCUT2D eigenvalue weighted by Crippen LogP contribution is -2.51. The first kappa shape index (κ1) is 20.0. The van der Waals surface area contributed by atoms with Crippen molar-refractivity contribution in [3.05, 3.63) is 58.2 Å². The van der Waals surface area contributed by atoms with Gasteiger partial charge in [0.25, 0.3) is 0 Å². The van der Waals surface area contributed by atoms with Crippen LogP contribution in [-0.4, -0.2) is 18.0 Å². The van der Waals surface area contributed by atoms with Gasteiger partial charge < -0.3 is 4.74 Å². The molecule has 1 aromatic carbocycles. The fraction of sp³-hybridized carbons (Fsp3) is 0.621. The van der Waals surface area contributed by atoms with E-state index in [0.717, 1.165) is 18.9 Å². The zero-order valence-corrected chi connectivity index (χ0v) is 19.4. The maximum atomic E-state index is 12.3. The summed E-state index contributed by atoms with van der Waals surface area (Å²) in [6.45, 7) is 8.08. The molecule has 0 N–H and O–H groups in total. The third kappa shape index (κ3) is 2.76. The molecule has 1 aliphatic heterocycles. The third-order valence-corrected chi connectivity index (χ3v) is 9.96. The van der Waals surface area contributed by atoms with E-state index in [0.29, 0.717) is 30.0 Å². The van der Waals surface area contributed by atoms with E-state index < -0.39 is 0 Å². The van der Waals surface area contributed by atoms with Crippen LogP contribution in [0.1, 0.15) is 82.3 Å². The van der Waals surface area contributed by atoms with Crippen molar-refractivity contribution < 1.29 is 9.53 Å². The van der Waals surface area contributed by atoms with E-state index in [-0.39, 0.29) is 11.0 Å². The molecular weight excluding hydrogens is 380 g/mol. The molecule has 1 saturated heterocycles. The zero-order chi connectivity index (χ0) is 21.4. The molecule has 0 aromatic heterocycles. The third-order valence-electron chi connectivity index (χ3n) is 9.96. The summed E-state index contributed by atoms with van der Waals surface area (Å²) in [7, 11) is 0. The molecular formula is C29H36O2. The smallest absolute Gasteiger partial charge is 0.156 e. The van der Waals surface area contributed by atoms with E-state index in [4.69, 9.17) is 4.74 Å². The largest absolute Gasteiger partial charge is 0.374 e. The summed E-state index contributed by atoms with van der Waals surface area (Å²) < 4.78 is 6.63. The highest BCUT2D eigenvalue weighted by molar-refractivity contribution is 5.93. The first-order valence-electron chi connectivity index (χ1n) is 12.6. The van der Waals surface area contributed by atoms with Crippen molar-refractivity contribution in [2.24, 2.45) is 23.2 Å². The van der Waals surface area contributed by atoms with Crippen molar-refractivity contribution in [1.29, 1.82) is 0 Å². The first-order chi connectivity index (χ1) is 14.9. The highest BCUT2D eigenvalue weighted by Gasteiger charge is 2.64. The van der Waals surface area contributed by atoms with Crippen molar-refractivity contribution in [2.75, 3.05) is 6.61 Å². The molecule has 6 atom stereocenters. The Bertz CT molecular complexity index is 974. The van der Waals surface area contributed by atoms with Crippen molar-refractivity contribution in [3.63, 3.8) is 0 Å². The van der Waals surface area contributed by atoms with Crippen LogP contribution < -0.4 is 0 Å².